The molecule has 1 saturated carbocycles. The summed E-state index contributed by atoms with van der Waals surface area (Å²) in [5, 5.41) is 3.55. The van der Waals surface area contributed by atoms with Gasteiger partial charge in [-0.2, -0.15) is 0 Å². The first-order chi connectivity index (χ1) is 10.3. The molecular weight excluding hydrogens is 265 g/mol. The predicted molar refractivity (Wildman–Crippen MR) is 82.9 cm³/mol. The van der Waals surface area contributed by atoms with Crippen molar-refractivity contribution in [2.24, 2.45) is 0 Å². The Bertz CT molecular complexity index is 608. The molecule has 2 aromatic carbocycles. The van der Waals surface area contributed by atoms with Crippen LogP contribution in [-0.4, -0.2) is 13.2 Å². The number of halogens is 1. The van der Waals surface area contributed by atoms with E-state index in [1.165, 1.54) is 0 Å². The van der Waals surface area contributed by atoms with Crippen molar-refractivity contribution in [2.75, 3.05) is 12.4 Å². The van der Waals surface area contributed by atoms with E-state index in [0.717, 1.165) is 29.7 Å². The average molecular weight is 285 g/mol. The first-order valence-corrected chi connectivity index (χ1v) is 7.35. The SMILES string of the molecule is COCc1ccccc1NC1CC(c2ccccc2F)C1. The van der Waals surface area contributed by atoms with Crippen LogP contribution in [-0.2, 0) is 11.3 Å². The highest BCUT2D eigenvalue weighted by atomic mass is 19.1. The van der Waals surface area contributed by atoms with Crippen LogP contribution in [0.15, 0.2) is 48.5 Å². The van der Waals surface area contributed by atoms with Gasteiger partial charge in [0.2, 0.25) is 0 Å². The highest BCUT2D eigenvalue weighted by Crippen LogP contribution is 2.39. The van der Waals surface area contributed by atoms with Crippen molar-refractivity contribution in [2.45, 2.75) is 31.4 Å². The third-order valence-corrected chi connectivity index (χ3v) is 4.16. The van der Waals surface area contributed by atoms with Gasteiger partial charge >= 0.3 is 0 Å². The van der Waals surface area contributed by atoms with Gasteiger partial charge in [0.1, 0.15) is 5.82 Å². The molecule has 21 heavy (non-hydrogen) atoms. The first-order valence-electron chi connectivity index (χ1n) is 7.35. The fourth-order valence-electron chi connectivity index (χ4n) is 2.96. The molecule has 0 amide bonds. The van der Waals surface area contributed by atoms with Crippen molar-refractivity contribution in [3.05, 3.63) is 65.5 Å². The average Bonchev–Trinajstić information content (AvgIpc) is 2.45. The van der Waals surface area contributed by atoms with Crippen LogP contribution in [0, 0.1) is 5.82 Å². The van der Waals surface area contributed by atoms with Crippen molar-refractivity contribution in [1.29, 1.82) is 0 Å². The fraction of sp³-hybridized carbons (Fsp3) is 0.333. The van der Waals surface area contributed by atoms with E-state index in [1.54, 1.807) is 19.2 Å². The van der Waals surface area contributed by atoms with Gasteiger partial charge in [-0.15, -0.1) is 0 Å². The lowest BCUT2D eigenvalue weighted by Crippen LogP contribution is -2.34. The Morgan fingerprint density at radius 1 is 1.10 bits per heavy atom. The van der Waals surface area contributed by atoms with Crippen LogP contribution in [0.4, 0.5) is 10.1 Å². The Balaban J connectivity index is 1.62. The molecule has 0 bridgehead atoms. The molecule has 2 nitrogen and oxygen atoms in total. The van der Waals surface area contributed by atoms with Crippen LogP contribution in [0.25, 0.3) is 0 Å². The van der Waals surface area contributed by atoms with Gasteiger partial charge in [0.05, 0.1) is 6.61 Å². The van der Waals surface area contributed by atoms with Crippen LogP contribution in [0.2, 0.25) is 0 Å². The topological polar surface area (TPSA) is 21.3 Å². The van der Waals surface area contributed by atoms with Crippen molar-refractivity contribution >= 4 is 5.69 Å². The number of rotatable bonds is 5. The summed E-state index contributed by atoms with van der Waals surface area (Å²) in [7, 11) is 1.70. The molecule has 0 radical (unpaired) electrons. The quantitative estimate of drug-likeness (QED) is 0.883. The number of ether oxygens (including phenoxy) is 1. The molecule has 110 valence electrons. The molecule has 1 fully saturated rings. The van der Waals surface area contributed by atoms with E-state index in [-0.39, 0.29) is 5.82 Å². The van der Waals surface area contributed by atoms with Gasteiger partial charge in [-0.25, -0.2) is 4.39 Å². The van der Waals surface area contributed by atoms with Gasteiger partial charge in [-0.3, -0.25) is 0 Å². The second kappa shape index (κ2) is 6.27. The first kappa shape index (κ1) is 14.1. The largest absolute Gasteiger partial charge is 0.382 e. The Morgan fingerprint density at radius 2 is 1.81 bits per heavy atom. The minimum Gasteiger partial charge on any atom is -0.382 e. The van der Waals surface area contributed by atoms with E-state index in [0.29, 0.717) is 18.6 Å². The maximum atomic E-state index is 13.7. The van der Waals surface area contributed by atoms with Crippen LogP contribution in [0.5, 0.6) is 0 Å². The Labute approximate surface area is 125 Å². The second-order valence-corrected chi connectivity index (χ2v) is 5.62. The van der Waals surface area contributed by atoms with E-state index < -0.39 is 0 Å². The standard InChI is InChI=1S/C18H20FNO/c1-21-12-13-6-2-5-9-18(13)20-15-10-14(11-15)16-7-3-4-8-17(16)19/h2-9,14-15,20H,10-12H2,1H3. The monoisotopic (exact) mass is 285 g/mol. The Kier molecular flexibility index (Phi) is 4.20. The summed E-state index contributed by atoms with van der Waals surface area (Å²) in [4.78, 5) is 0. The number of hydrogen-bond donors (Lipinski definition) is 1. The van der Waals surface area contributed by atoms with Gasteiger partial charge in [-0.05, 0) is 36.5 Å². The predicted octanol–water partition coefficient (Wildman–Crippen LogP) is 4.33. The molecule has 3 rings (SSSR count). The number of nitrogens with one attached hydrogen (secondary N) is 1. The summed E-state index contributed by atoms with van der Waals surface area (Å²) >= 11 is 0. The third-order valence-electron chi connectivity index (χ3n) is 4.16. The molecular formula is C18H20FNO. The van der Waals surface area contributed by atoms with Crippen LogP contribution >= 0.6 is 0 Å². The minimum absolute atomic E-state index is 0.0827. The van der Waals surface area contributed by atoms with Crippen molar-refractivity contribution in [3.63, 3.8) is 0 Å². The molecule has 0 aliphatic heterocycles. The zero-order chi connectivity index (χ0) is 14.7. The van der Waals surface area contributed by atoms with Crippen LogP contribution < -0.4 is 5.32 Å². The number of hydrogen-bond acceptors (Lipinski definition) is 2. The van der Waals surface area contributed by atoms with Crippen molar-refractivity contribution < 1.29 is 9.13 Å². The fourth-order valence-corrected chi connectivity index (χ4v) is 2.96. The van der Waals surface area contributed by atoms with Gasteiger partial charge in [-0.1, -0.05) is 36.4 Å². The molecule has 0 atom stereocenters. The van der Waals surface area contributed by atoms with Gasteiger partial charge < -0.3 is 10.1 Å². The molecule has 2 aromatic rings. The normalized spacial score (nSPS) is 20.9. The second-order valence-electron chi connectivity index (χ2n) is 5.62. The van der Waals surface area contributed by atoms with Gasteiger partial charge in [0.15, 0.2) is 0 Å². The lowest BCUT2D eigenvalue weighted by molar-refractivity contribution is 0.185. The number of benzene rings is 2. The van der Waals surface area contributed by atoms with E-state index >= 15 is 0 Å². The van der Waals surface area contributed by atoms with Gasteiger partial charge in [0.25, 0.3) is 0 Å². The summed E-state index contributed by atoms with van der Waals surface area (Å²) in [6.45, 7) is 0.604. The summed E-state index contributed by atoms with van der Waals surface area (Å²) < 4.78 is 19.0. The Hall–Kier alpha value is -1.87. The molecule has 0 heterocycles. The number of anilines is 1. The van der Waals surface area contributed by atoms with Crippen molar-refractivity contribution in [1.82, 2.24) is 0 Å². The van der Waals surface area contributed by atoms with E-state index in [9.17, 15) is 4.39 Å². The Morgan fingerprint density at radius 3 is 2.57 bits per heavy atom. The van der Waals surface area contributed by atoms with E-state index in [2.05, 4.69) is 17.4 Å². The summed E-state index contributed by atoms with van der Waals surface area (Å²) in [6.07, 6.45) is 1.95. The summed E-state index contributed by atoms with van der Waals surface area (Å²) in [6, 6.07) is 15.7. The van der Waals surface area contributed by atoms with E-state index in [4.69, 9.17) is 4.74 Å². The third kappa shape index (κ3) is 3.08. The maximum absolute atomic E-state index is 13.7. The smallest absolute Gasteiger partial charge is 0.126 e. The van der Waals surface area contributed by atoms with Crippen molar-refractivity contribution in [3.8, 4) is 0 Å². The summed E-state index contributed by atoms with van der Waals surface area (Å²) in [5.74, 6) is 0.249. The molecule has 3 heteroatoms. The van der Waals surface area contributed by atoms with E-state index in [1.807, 2.05) is 24.3 Å². The zero-order valence-electron chi connectivity index (χ0n) is 12.2. The van der Waals surface area contributed by atoms with Gasteiger partial charge in [0, 0.05) is 24.4 Å². The molecule has 0 aromatic heterocycles. The number of para-hydroxylation sites is 1. The molecule has 0 saturated heterocycles. The zero-order valence-corrected chi connectivity index (χ0v) is 12.2. The highest BCUT2D eigenvalue weighted by Gasteiger charge is 2.32. The molecule has 0 unspecified atom stereocenters. The maximum Gasteiger partial charge on any atom is 0.126 e. The van der Waals surface area contributed by atoms with Crippen LogP contribution in [0.3, 0.4) is 0 Å². The molecule has 1 N–H and O–H groups in total. The molecule has 0 spiro atoms. The molecule has 1 aliphatic carbocycles. The minimum atomic E-state index is -0.0827. The van der Waals surface area contributed by atoms with Crippen LogP contribution in [0.1, 0.15) is 29.9 Å². The highest BCUT2D eigenvalue weighted by molar-refractivity contribution is 5.52. The lowest BCUT2D eigenvalue weighted by Gasteiger charge is -2.37. The number of methoxy groups -OCH3 is 1. The summed E-state index contributed by atoms with van der Waals surface area (Å²) in [5.41, 5.74) is 3.13. The lowest BCUT2D eigenvalue weighted by atomic mass is 9.75. The molecule has 1 aliphatic rings.